The van der Waals surface area contributed by atoms with Crippen molar-refractivity contribution in [3.05, 3.63) is 59.0 Å². The molecular formula is C21H35NO2S. The van der Waals surface area contributed by atoms with Crippen LogP contribution in [0.4, 0.5) is 0 Å². The Labute approximate surface area is 158 Å². The minimum Gasteiger partial charge on any atom is -0.508 e. The fourth-order valence-electron chi connectivity index (χ4n) is 1.46. The number of allylic oxidation sites excluding steroid dienone is 3. The molecule has 0 aliphatic heterocycles. The lowest BCUT2D eigenvalue weighted by Crippen LogP contribution is -2.14. The fraction of sp³-hybridized carbons (Fsp3) is 0.429. The topological polar surface area (TPSA) is 66.5 Å². The van der Waals surface area contributed by atoms with Gasteiger partial charge in [0.25, 0.3) is 0 Å². The zero-order valence-electron chi connectivity index (χ0n) is 16.3. The number of rotatable bonds is 7. The molecule has 1 rings (SSSR count). The summed E-state index contributed by atoms with van der Waals surface area (Å²) in [6.45, 7) is 14.0. The van der Waals surface area contributed by atoms with Crippen molar-refractivity contribution in [2.45, 2.75) is 59.9 Å². The average molecular weight is 366 g/mol. The zero-order valence-corrected chi connectivity index (χ0v) is 17.1. The van der Waals surface area contributed by atoms with E-state index in [0.29, 0.717) is 0 Å². The third-order valence-corrected chi connectivity index (χ3v) is 3.83. The number of hydrogen-bond donors (Lipinski definition) is 3. The Hall–Kier alpha value is -1.49. The second kappa shape index (κ2) is 17.3. The Morgan fingerprint density at radius 1 is 1.16 bits per heavy atom. The number of hydrogen-bond acceptors (Lipinski definition) is 4. The number of benzene rings is 1. The number of phenols is 1. The van der Waals surface area contributed by atoms with Gasteiger partial charge in [0, 0.05) is 23.0 Å². The first-order valence-electron chi connectivity index (χ1n) is 8.89. The predicted molar refractivity (Wildman–Crippen MR) is 115 cm³/mol. The molecule has 1 atom stereocenters. The Kier molecular flexibility index (Phi) is 17.9. The maximum Gasteiger partial charge on any atom is 0.115 e. The van der Waals surface area contributed by atoms with Crippen LogP contribution in [0.2, 0.25) is 0 Å². The van der Waals surface area contributed by atoms with Crippen molar-refractivity contribution in [1.29, 1.82) is 0 Å². The van der Waals surface area contributed by atoms with Crippen LogP contribution in [0.15, 0.2) is 53.5 Å². The molecule has 142 valence electrons. The van der Waals surface area contributed by atoms with E-state index in [1.54, 1.807) is 24.3 Å². The maximum absolute atomic E-state index is 9.03. The number of nitrogens with two attached hydrogens (primary N) is 1. The largest absolute Gasteiger partial charge is 0.508 e. The highest BCUT2D eigenvalue weighted by molar-refractivity contribution is 7.97. The second-order valence-corrected chi connectivity index (χ2v) is 5.80. The average Bonchev–Trinajstić information content (AvgIpc) is 2.67. The van der Waals surface area contributed by atoms with Gasteiger partial charge in [0.1, 0.15) is 5.75 Å². The molecule has 0 spiro atoms. The molecule has 0 aliphatic rings. The minimum atomic E-state index is 0.197. The fourth-order valence-corrected chi connectivity index (χ4v) is 1.78. The summed E-state index contributed by atoms with van der Waals surface area (Å²) < 4.78 is 8.84. The van der Waals surface area contributed by atoms with Crippen LogP contribution < -0.4 is 5.73 Å². The highest BCUT2D eigenvalue weighted by Gasteiger charge is 1.94. The van der Waals surface area contributed by atoms with Crippen LogP contribution in [0.1, 0.15) is 59.4 Å². The van der Waals surface area contributed by atoms with Crippen molar-refractivity contribution < 1.29 is 9.66 Å². The highest BCUT2D eigenvalue weighted by Crippen LogP contribution is 2.20. The quantitative estimate of drug-likeness (QED) is 0.375. The Bertz CT molecular complexity index is 501. The van der Waals surface area contributed by atoms with Crippen molar-refractivity contribution in [1.82, 2.24) is 0 Å². The summed E-state index contributed by atoms with van der Waals surface area (Å²) in [5, 5.41) is 9.03. The molecular weight excluding hydrogens is 330 g/mol. The van der Waals surface area contributed by atoms with Gasteiger partial charge < -0.3 is 15.4 Å². The Morgan fingerprint density at radius 3 is 2.12 bits per heavy atom. The van der Waals surface area contributed by atoms with Gasteiger partial charge >= 0.3 is 0 Å². The molecule has 1 unspecified atom stereocenters. The number of aromatic hydroxyl groups is 1. The molecule has 4 heteroatoms. The van der Waals surface area contributed by atoms with E-state index in [1.165, 1.54) is 0 Å². The summed E-state index contributed by atoms with van der Waals surface area (Å²) in [6.07, 6.45) is 8.71. The van der Waals surface area contributed by atoms with Gasteiger partial charge in [0.05, 0.1) is 0 Å². The van der Waals surface area contributed by atoms with Gasteiger partial charge in [-0.05, 0) is 43.0 Å². The lowest BCUT2D eigenvalue weighted by molar-refractivity contribution is 0.475. The van der Waals surface area contributed by atoms with Crippen LogP contribution in [0.3, 0.4) is 0 Å². The summed E-state index contributed by atoms with van der Waals surface area (Å²) in [5.41, 5.74) is 7.77. The molecule has 0 heterocycles. The minimum absolute atomic E-state index is 0.197. The summed E-state index contributed by atoms with van der Waals surface area (Å²) in [7, 11) is 0. The van der Waals surface area contributed by atoms with Gasteiger partial charge in [-0.15, -0.1) is 0 Å². The van der Waals surface area contributed by atoms with Gasteiger partial charge in [0.2, 0.25) is 0 Å². The monoisotopic (exact) mass is 365 g/mol. The smallest absolute Gasteiger partial charge is 0.115 e. The van der Waals surface area contributed by atoms with E-state index in [4.69, 9.17) is 15.4 Å². The molecule has 3 nitrogen and oxygen atoms in total. The molecule has 0 amide bonds. The second-order valence-electron chi connectivity index (χ2n) is 5.09. The van der Waals surface area contributed by atoms with Crippen molar-refractivity contribution in [3.63, 3.8) is 0 Å². The summed E-state index contributed by atoms with van der Waals surface area (Å²) in [5.74, 6) is 0.256. The van der Waals surface area contributed by atoms with Gasteiger partial charge in [-0.3, -0.25) is 0 Å². The van der Waals surface area contributed by atoms with Crippen LogP contribution in [0, 0.1) is 0 Å². The van der Waals surface area contributed by atoms with E-state index in [2.05, 4.69) is 20.4 Å². The molecule has 0 fully saturated rings. The van der Waals surface area contributed by atoms with E-state index in [-0.39, 0.29) is 11.8 Å². The third kappa shape index (κ3) is 14.6. The standard InChI is InChI=1S/C10H12O2S.C9H17N.C2H6/c1-2-10(13-12)7-8-3-5-9(11)6-4-8;1-4-8(3)6-7-9(10)5-2;1-2/h3-7,11-12H,2H2,1H3;6-7,9H,3-5,10H2,1-2H3;1-2H3/b10-7-;7-6-;. The van der Waals surface area contributed by atoms with Crippen LogP contribution in [0.5, 0.6) is 5.75 Å². The van der Waals surface area contributed by atoms with Gasteiger partial charge in [-0.2, -0.15) is 0 Å². The van der Waals surface area contributed by atoms with E-state index in [9.17, 15) is 0 Å². The van der Waals surface area contributed by atoms with Crippen LogP contribution in [-0.4, -0.2) is 15.7 Å². The summed E-state index contributed by atoms with van der Waals surface area (Å²) in [4.78, 5) is 0.908. The molecule has 0 aromatic heterocycles. The highest BCUT2D eigenvalue weighted by atomic mass is 32.2. The lowest BCUT2D eigenvalue weighted by Gasteiger charge is -1.99. The van der Waals surface area contributed by atoms with E-state index < -0.39 is 0 Å². The molecule has 1 aromatic rings. The van der Waals surface area contributed by atoms with Crippen LogP contribution >= 0.6 is 12.0 Å². The molecule has 1 aromatic carbocycles. The Morgan fingerprint density at radius 2 is 1.72 bits per heavy atom. The van der Waals surface area contributed by atoms with Gasteiger partial charge in [0.15, 0.2) is 0 Å². The first kappa shape index (κ1) is 25.7. The molecule has 0 saturated heterocycles. The molecule has 4 N–H and O–H groups in total. The molecule has 0 bridgehead atoms. The maximum atomic E-state index is 9.03. The first-order valence-corrected chi connectivity index (χ1v) is 9.66. The van der Waals surface area contributed by atoms with Crippen molar-refractivity contribution >= 4 is 18.1 Å². The van der Waals surface area contributed by atoms with E-state index in [1.807, 2.05) is 39.0 Å². The third-order valence-electron chi connectivity index (χ3n) is 3.19. The number of phenolic OH excluding ortho intramolecular Hbond substituents is 1. The molecule has 0 saturated carbocycles. The summed E-state index contributed by atoms with van der Waals surface area (Å²) >= 11 is 0.768. The normalized spacial score (nSPS) is 11.9. The van der Waals surface area contributed by atoms with Crippen molar-refractivity contribution in [3.8, 4) is 5.75 Å². The lowest BCUT2D eigenvalue weighted by atomic mass is 10.1. The van der Waals surface area contributed by atoms with Crippen LogP contribution in [0.25, 0.3) is 6.08 Å². The zero-order chi connectivity index (χ0) is 19.7. The van der Waals surface area contributed by atoms with Gasteiger partial charge in [-0.25, -0.2) is 0 Å². The van der Waals surface area contributed by atoms with Crippen molar-refractivity contribution in [2.75, 3.05) is 0 Å². The molecule has 25 heavy (non-hydrogen) atoms. The Balaban J connectivity index is 0. The van der Waals surface area contributed by atoms with Crippen LogP contribution in [-0.2, 0) is 0 Å². The summed E-state index contributed by atoms with van der Waals surface area (Å²) in [6, 6.07) is 7.06. The van der Waals surface area contributed by atoms with Gasteiger partial charge in [-0.1, -0.05) is 71.1 Å². The SMILES string of the molecule is C=C(/C=C\C(N)CC)CC.CC.CC/C(=C/c1ccc(O)cc1)SO. The first-order chi connectivity index (χ1) is 12.0. The van der Waals surface area contributed by atoms with Crippen molar-refractivity contribution in [2.24, 2.45) is 5.73 Å². The molecule has 0 radical (unpaired) electrons. The predicted octanol–water partition coefficient (Wildman–Crippen LogP) is 6.62. The van der Waals surface area contributed by atoms with E-state index >= 15 is 0 Å². The van der Waals surface area contributed by atoms with E-state index in [0.717, 1.165) is 47.3 Å². The molecule has 0 aliphatic carbocycles.